The largest absolute Gasteiger partial charge is 0.493 e. The van der Waals surface area contributed by atoms with E-state index in [1.807, 2.05) is 17.5 Å². The number of anilines is 1. The van der Waals surface area contributed by atoms with Crippen molar-refractivity contribution in [3.8, 4) is 27.3 Å². The average Bonchev–Trinajstić information content (AvgIpc) is 3.75. The van der Waals surface area contributed by atoms with Gasteiger partial charge in [0.15, 0.2) is 5.69 Å². The number of nitrogens with two attached hydrogens (primary N) is 1. The summed E-state index contributed by atoms with van der Waals surface area (Å²) in [5.41, 5.74) is 9.47. The molecule has 4 aromatic rings. The lowest BCUT2D eigenvalue weighted by molar-refractivity contribution is 0.0691. The van der Waals surface area contributed by atoms with Gasteiger partial charge in [0.05, 0.1) is 6.61 Å². The smallest absolute Gasteiger partial charge is 0.355 e. The zero-order chi connectivity index (χ0) is 30.4. The summed E-state index contributed by atoms with van der Waals surface area (Å²) < 4.78 is 6.13. The number of carbonyl (C=O) groups excluding carboxylic acids is 2. The Morgan fingerprint density at radius 1 is 1.00 bits per heavy atom. The number of thiophene rings is 1. The number of ether oxygens (including phenoxy) is 1. The van der Waals surface area contributed by atoms with E-state index in [1.165, 1.54) is 6.07 Å². The summed E-state index contributed by atoms with van der Waals surface area (Å²) in [5, 5.41) is 18.4. The maximum absolute atomic E-state index is 13.9. The van der Waals surface area contributed by atoms with Crippen LogP contribution in [0.1, 0.15) is 82.0 Å². The van der Waals surface area contributed by atoms with E-state index in [1.54, 1.807) is 41.7 Å². The van der Waals surface area contributed by atoms with Crippen molar-refractivity contribution in [2.24, 2.45) is 11.7 Å². The Balaban J connectivity index is 0.00000357. The van der Waals surface area contributed by atoms with Crippen molar-refractivity contribution in [3.05, 3.63) is 88.1 Å². The van der Waals surface area contributed by atoms with Gasteiger partial charge >= 0.3 is 5.97 Å². The highest BCUT2D eigenvalue weighted by Gasteiger charge is 2.46. The second kappa shape index (κ2) is 12.1. The minimum atomic E-state index is -1.30. The minimum Gasteiger partial charge on any atom is -0.493 e. The first kappa shape index (κ1) is 30.5. The van der Waals surface area contributed by atoms with E-state index < -0.39 is 11.9 Å². The van der Waals surface area contributed by atoms with E-state index in [-0.39, 0.29) is 41.4 Å². The van der Waals surface area contributed by atoms with Gasteiger partial charge in [-0.3, -0.25) is 9.59 Å². The second-order valence-electron chi connectivity index (χ2n) is 11.9. The first-order valence-corrected chi connectivity index (χ1v) is 15.8. The highest BCUT2D eigenvalue weighted by Crippen LogP contribution is 2.48. The van der Waals surface area contributed by atoms with Crippen LogP contribution >= 0.6 is 11.3 Å². The van der Waals surface area contributed by atoms with Crippen LogP contribution in [-0.4, -0.2) is 40.0 Å². The molecular formula is C35H36N4O5S. The fourth-order valence-corrected chi connectivity index (χ4v) is 7.86. The number of carbonyl (C=O) groups is 3. The monoisotopic (exact) mass is 624 g/mol. The zero-order valence-corrected chi connectivity index (χ0v) is 24.8. The molecule has 0 unspecified atom stereocenters. The normalized spacial score (nSPS) is 19.4. The lowest BCUT2D eigenvalue weighted by atomic mass is 9.93. The molecule has 2 saturated carbocycles. The van der Waals surface area contributed by atoms with Crippen LogP contribution < -0.4 is 21.1 Å². The van der Waals surface area contributed by atoms with Crippen LogP contribution in [0.3, 0.4) is 0 Å². The van der Waals surface area contributed by atoms with E-state index in [2.05, 4.69) is 21.7 Å². The Morgan fingerprint density at radius 2 is 1.78 bits per heavy atom. The van der Waals surface area contributed by atoms with Gasteiger partial charge < -0.3 is 26.2 Å². The Morgan fingerprint density at radius 3 is 2.47 bits per heavy atom. The number of hydrogen-bond donors (Lipinski definition) is 4. The highest BCUT2D eigenvalue weighted by molar-refractivity contribution is 7.13. The number of hydrogen-bond acceptors (Lipinski definition) is 7. The summed E-state index contributed by atoms with van der Waals surface area (Å²) in [5.74, 6) is -0.894. The third kappa shape index (κ3) is 5.71. The van der Waals surface area contributed by atoms with Gasteiger partial charge in [-0.2, -0.15) is 0 Å². The Bertz CT molecular complexity index is 1790. The maximum atomic E-state index is 13.9. The molecule has 3 aliphatic rings. The zero-order valence-electron chi connectivity index (χ0n) is 24.0. The SMILES string of the molecule is C.NCc1ccc(NC(=O)c2cc3c(cc2-c2ccc(C(=O)NC45CCC(CC4)C5)nc2C(=O)O)OCCc2ccsc2-3)cc1. The number of fused-ring (bicyclic) bond motifs is 5. The summed E-state index contributed by atoms with van der Waals surface area (Å²) >= 11 is 1.57. The number of nitrogens with one attached hydrogen (secondary N) is 2. The fourth-order valence-electron chi connectivity index (χ4n) is 6.89. The third-order valence-corrected chi connectivity index (χ3v) is 10.2. The Labute approximate surface area is 265 Å². The van der Waals surface area contributed by atoms with E-state index in [0.717, 1.165) is 53.7 Å². The van der Waals surface area contributed by atoms with Gasteiger partial charge in [0.2, 0.25) is 0 Å². The van der Waals surface area contributed by atoms with Gasteiger partial charge in [0.25, 0.3) is 11.8 Å². The predicted molar refractivity (Wildman–Crippen MR) is 175 cm³/mol. The highest BCUT2D eigenvalue weighted by atomic mass is 32.1. The topological polar surface area (TPSA) is 144 Å². The second-order valence-corrected chi connectivity index (χ2v) is 12.8. The predicted octanol–water partition coefficient (Wildman–Crippen LogP) is 6.52. The number of carboxylic acids is 1. The number of rotatable bonds is 7. The number of aromatic nitrogens is 1. The van der Waals surface area contributed by atoms with Crippen LogP contribution in [0.4, 0.5) is 5.69 Å². The molecule has 10 heteroatoms. The molecule has 2 aromatic heterocycles. The lowest BCUT2D eigenvalue weighted by Gasteiger charge is -2.27. The maximum Gasteiger partial charge on any atom is 0.355 e. The van der Waals surface area contributed by atoms with Crippen molar-refractivity contribution in [3.63, 3.8) is 0 Å². The molecule has 5 N–H and O–H groups in total. The van der Waals surface area contributed by atoms with Gasteiger partial charge in [0, 0.05) is 51.3 Å². The average molecular weight is 625 g/mol. The summed E-state index contributed by atoms with van der Waals surface area (Å²) in [7, 11) is 0. The number of carboxylic acid groups (broad SMARTS) is 1. The quantitative estimate of drug-likeness (QED) is 0.183. The first-order valence-electron chi connectivity index (χ1n) is 14.9. The molecule has 2 amide bonds. The molecule has 9 nitrogen and oxygen atoms in total. The molecule has 3 heterocycles. The molecule has 0 radical (unpaired) electrons. The van der Waals surface area contributed by atoms with Crippen LogP contribution in [0, 0.1) is 5.92 Å². The van der Waals surface area contributed by atoms with Gasteiger partial charge in [-0.25, -0.2) is 9.78 Å². The van der Waals surface area contributed by atoms with Crippen molar-refractivity contribution in [1.82, 2.24) is 10.3 Å². The third-order valence-electron chi connectivity index (χ3n) is 9.17. The van der Waals surface area contributed by atoms with Crippen LogP contribution in [0.15, 0.2) is 60.0 Å². The Kier molecular flexibility index (Phi) is 8.20. The van der Waals surface area contributed by atoms with Crippen LogP contribution in [0.5, 0.6) is 5.75 Å². The molecule has 2 aromatic carbocycles. The molecule has 1 aliphatic heterocycles. The van der Waals surface area contributed by atoms with Crippen molar-refractivity contribution in [2.75, 3.05) is 11.9 Å². The van der Waals surface area contributed by atoms with Crippen molar-refractivity contribution in [2.45, 2.75) is 58.0 Å². The van der Waals surface area contributed by atoms with Gasteiger partial charge in [0.1, 0.15) is 11.4 Å². The molecular weight excluding hydrogens is 588 g/mol. The molecule has 45 heavy (non-hydrogen) atoms. The van der Waals surface area contributed by atoms with Gasteiger partial charge in [-0.15, -0.1) is 11.3 Å². The number of nitrogens with zero attached hydrogens (tertiary/aromatic N) is 1. The summed E-state index contributed by atoms with van der Waals surface area (Å²) in [6.07, 6.45) is 5.73. The van der Waals surface area contributed by atoms with Crippen molar-refractivity contribution < 1.29 is 24.2 Å². The number of aromatic carboxylic acids is 1. The summed E-state index contributed by atoms with van der Waals surface area (Å²) in [4.78, 5) is 45.2. The van der Waals surface area contributed by atoms with E-state index in [9.17, 15) is 19.5 Å². The molecule has 7 rings (SSSR count). The number of benzene rings is 2. The molecule has 232 valence electrons. The molecule has 2 aliphatic carbocycles. The fraction of sp³-hybridized carbons (Fsp3) is 0.314. The van der Waals surface area contributed by atoms with Crippen molar-refractivity contribution in [1.29, 1.82) is 0 Å². The molecule has 0 spiro atoms. The van der Waals surface area contributed by atoms with Gasteiger partial charge in [-0.1, -0.05) is 19.6 Å². The lowest BCUT2D eigenvalue weighted by Crippen LogP contribution is -2.45. The van der Waals surface area contributed by atoms with Gasteiger partial charge in [-0.05, 0) is 97.0 Å². The van der Waals surface area contributed by atoms with Crippen molar-refractivity contribution >= 4 is 34.8 Å². The summed E-state index contributed by atoms with van der Waals surface area (Å²) in [6.45, 7) is 0.827. The molecule has 0 atom stereocenters. The number of pyridine rings is 1. The minimum absolute atomic E-state index is 0. The molecule has 2 fully saturated rings. The van der Waals surface area contributed by atoms with E-state index >= 15 is 0 Å². The first-order chi connectivity index (χ1) is 21.3. The van der Waals surface area contributed by atoms with Crippen LogP contribution in [-0.2, 0) is 13.0 Å². The molecule has 2 bridgehead atoms. The standard InChI is InChI=1S/C34H32N4O5S.CH4/c35-18-20-1-3-22(4-2-20)36-31(39)25-15-26-28(43-13-9-21-10-14-44-30(21)26)16-24(25)23-5-6-27(37-29(23)33(41)42)32(40)38-34-11-7-19(17-34)8-12-34;/h1-6,10,14-16,19H,7-9,11-13,17-18,35H2,(H,36,39)(H,38,40)(H,41,42);1H4. The summed E-state index contributed by atoms with van der Waals surface area (Å²) in [6, 6.07) is 15.9. The van der Waals surface area contributed by atoms with Crippen LogP contribution in [0.25, 0.3) is 21.6 Å². The van der Waals surface area contributed by atoms with E-state index in [4.69, 9.17) is 10.5 Å². The van der Waals surface area contributed by atoms with E-state index in [0.29, 0.717) is 42.5 Å². The van der Waals surface area contributed by atoms with Crippen LogP contribution in [0.2, 0.25) is 0 Å². The number of amides is 2. The Hall–Kier alpha value is -4.54. The molecule has 0 saturated heterocycles.